The minimum absolute atomic E-state index is 0.0363. The van der Waals surface area contributed by atoms with Gasteiger partial charge in [-0.25, -0.2) is 18.0 Å². The molecule has 0 unspecified atom stereocenters. The fourth-order valence-corrected chi connectivity index (χ4v) is 4.76. The Morgan fingerprint density at radius 1 is 1.33 bits per heavy atom. The number of morpholine rings is 1. The van der Waals surface area contributed by atoms with Crippen LogP contribution in [-0.4, -0.2) is 77.4 Å². The maximum absolute atomic E-state index is 14.6. The Bertz CT molecular complexity index is 1380. The van der Waals surface area contributed by atoms with Gasteiger partial charge in [0.05, 0.1) is 36.3 Å². The van der Waals surface area contributed by atoms with E-state index in [0.29, 0.717) is 41.2 Å². The number of pyridine rings is 1. The van der Waals surface area contributed by atoms with Crippen molar-refractivity contribution in [1.29, 1.82) is 0 Å². The number of aromatic amines is 1. The predicted octanol–water partition coefficient (Wildman–Crippen LogP) is 3.81. The second kappa shape index (κ2) is 11.2. The Balaban J connectivity index is 1.51. The summed E-state index contributed by atoms with van der Waals surface area (Å²) in [5.41, 5.74) is 2.04. The van der Waals surface area contributed by atoms with Crippen molar-refractivity contribution in [1.82, 2.24) is 20.2 Å². The smallest absolute Gasteiger partial charge is 0.407 e. The molecule has 2 aliphatic heterocycles. The van der Waals surface area contributed by atoms with Crippen LogP contribution >= 0.6 is 0 Å². The fourth-order valence-electron chi connectivity index (χ4n) is 4.76. The number of nitrogens with one attached hydrogen (secondary N) is 3. The van der Waals surface area contributed by atoms with Crippen LogP contribution in [0.2, 0.25) is 0 Å². The molecule has 0 saturated carbocycles. The molecule has 10 nitrogen and oxygen atoms in total. The average Bonchev–Trinajstić information content (AvgIpc) is 3.29. The molecule has 3 aromatic rings. The van der Waals surface area contributed by atoms with Gasteiger partial charge in [-0.15, -0.1) is 0 Å². The monoisotopic (exact) mass is 545 g/mol. The van der Waals surface area contributed by atoms with Crippen molar-refractivity contribution >= 4 is 23.4 Å². The fraction of sp³-hybridized carbons (Fsp3) is 0.346. The molecule has 0 aliphatic carbocycles. The van der Waals surface area contributed by atoms with E-state index in [1.807, 2.05) is 0 Å². The number of H-pyrrole nitrogens is 1. The third-order valence-electron chi connectivity index (χ3n) is 6.59. The van der Waals surface area contributed by atoms with Crippen LogP contribution in [-0.2, 0) is 17.6 Å². The van der Waals surface area contributed by atoms with E-state index in [4.69, 9.17) is 9.47 Å². The molecule has 2 aliphatic rings. The lowest BCUT2D eigenvalue weighted by Crippen LogP contribution is -2.47. The first-order valence-electron chi connectivity index (χ1n) is 12.3. The minimum atomic E-state index is -2.77. The molecule has 1 saturated heterocycles. The van der Waals surface area contributed by atoms with E-state index in [9.17, 15) is 27.9 Å². The summed E-state index contributed by atoms with van der Waals surface area (Å²) in [6, 6.07) is 5.64. The highest BCUT2D eigenvalue weighted by Crippen LogP contribution is 2.41. The summed E-state index contributed by atoms with van der Waals surface area (Å²) >= 11 is 0. The number of carbonyl (C=O) groups is 2. The van der Waals surface area contributed by atoms with Gasteiger partial charge in [0.15, 0.2) is 0 Å². The number of hydrogen-bond acceptors (Lipinski definition) is 6. The van der Waals surface area contributed by atoms with Crippen LogP contribution in [0.15, 0.2) is 36.7 Å². The number of carbonyl (C=O) groups excluding carboxylic acids is 1. The molecule has 1 aromatic carbocycles. The van der Waals surface area contributed by atoms with Crippen molar-refractivity contribution in [3.63, 3.8) is 0 Å². The van der Waals surface area contributed by atoms with Crippen LogP contribution < -0.4 is 15.4 Å². The van der Waals surface area contributed by atoms with Crippen molar-refractivity contribution < 1.29 is 37.3 Å². The van der Waals surface area contributed by atoms with E-state index in [1.54, 1.807) is 6.07 Å². The first-order valence-corrected chi connectivity index (χ1v) is 12.3. The second-order valence-corrected chi connectivity index (χ2v) is 9.12. The normalized spacial score (nSPS) is 17.1. The van der Waals surface area contributed by atoms with E-state index in [0.717, 1.165) is 6.07 Å². The highest BCUT2D eigenvalue weighted by Gasteiger charge is 2.30. The zero-order valence-corrected chi connectivity index (χ0v) is 20.7. The predicted molar refractivity (Wildman–Crippen MR) is 134 cm³/mol. The minimum Gasteiger partial charge on any atom is -0.488 e. The molecule has 0 spiro atoms. The lowest BCUT2D eigenvalue weighted by Gasteiger charge is -2.30. The molecule has 1 fully saturated rings. The number of alkyl halides is 2. The Morgan fingerprint density at radius 3 is 2.97 bits per heavy atom. The van der Waals surface area contributed by atoms with E-state index < -0.39 is 30.9 Å². The Morgan fingerprint density at radius 2 is 2.18 bits per heavy atom. The maximum atomic E-state index is 14.6. The Kier molecular flexibility index (Phi) is 7.59. The van der Waals surface area contributed by atoms with Crippen LogP contribution in [0.1, 0.15) is 21.6 Å². The number of rotatable bonds is 8. The Labute approximate surface area is 221 Å². The molecule has 1 atom stereocenters. The Hall–Kier alpha value is -4.26. The van der Waals surface area contributed by atoms with E-state index in [2.05, 4.69) is 20.6 Å². The van der Waals surface area contributed by atoms with Crippen LogP contribution in [0.4, 0.5) is 29.3 Å². The quantitative estimate of drug-likeness (QED) is 0.339. The standard InChI is InChI=1S/C26H26F3N5O5/c27-17-2-1-3-18(16(17)10-21(28)29)32-24-22-19(5-7-31-25(22)35)33-23(24)15-4-6-30-11-20(15)39-13-14-12-34(26(36)37)8-9-38-14/h1-4,6,11,14,21,32-33H,5,7-10,12-13H2,(H,31,35)(H,36,37)/t14-/m0/s1. The van der Waals surface area contributed by atoms with Crippen LogP contribution in [0.25, 0.3) is 11.3 Å². The summed E-state index contributed by atoms with van der Waals surface area (Å²) in [6.07, 6.45) is -1.63. The van der Waals surface area contributed by atoms with Gasteiger partial charge in [0, 0.05) is 54.6 Å². The maximum Gasteiger partial charge on any atom is 0.407 e. The van der Waals surface area contributed by atoms with Crippen LogP contribution in [0.5, 0.6) is 5.75 Å². The summed E-state index contributed by atoms with van der Waals surface area (Å²) in [7, 11) is 0. The number of hydrogen-bond donors (Lipinski definition) is 4. The number of benzene rings is 1. The summed E-state index contributed by atoms with van der Waals surface area (Å²) in [4.78, 5) is 32.9. The third kappa shape index (κ3) is 5.62. The van der Waals surface area contributed by atoms with Gasteiger partial charge in [-0.05, 0) is 18.2 Å². The van der Waals surface area contributed by atoms with Gasteiger partial charge in [0.1, 0.15) is 24.3 Å². The van der Waals surface area contributed by atoms with Crippen LogP contribution in [0.3, 0.4) is 0 Å². The number of halogens is 3. The largest absolute Gasteiger partial charge is 0.488 e. The molecule has 0 radical (unpaired) electrons. The van der Waals surface area contributed by atoms with Crippen LogP contribution in [0, 0.1) is 5.82 Å². The van der Waals surface area contributed by atoms with Crippen molar-refractivity contribution in [3.05, 3.63) is 59.3 Å². The molecular formula is C26H26F3N5O5. The van der Waals surface area contributed by atoms with E-state index >= 15 is 0 Å². The summed E-state index contributed by atoms with van der Waals surface area (Å²) in [5, 5.41) is 15.1. The topological polar surface area (TPSA) is 129 Å². The number of aromatic nitrogens is 2. The number of ether oxygens (including phenoxy) is 2. The lowest BCUT2D eigenvalue weighted by atomic mass is 10.0. The number of nitrogens with zero attached hydrogens (tertiary/aromatic N) is 2. The summed E-state index contributed by atoms with van der Waals surface area (Å²) in [5.74, 6) is -0.830. The highest BCUT2D eigenvalue weighted by molar-refractivity contribution is 6.06. The van der Waals surface area contributed by atoms with Gasteiger partial charge in [-0.3, -0.25) is 9.78 Å². The first kappa shape index (κ1) is 26.4. The van der Waals surface area contributed by atoms with Crippen molar-refractivity contribution in [3.8, 4) is 17.0 Å². The third-order valence-corrected chi connectivity index (χ3v) is 6.59. The van der Waals surface area contributed by atoms with Gasteiger partial charge in [-0.2, -0.15) is 0 Å². The molecule has 4 N–H and O–H groups in total. The zero-order valence-electron chi connectivity index (χ0n) is 20.7. The molecule has 206 valence electrons. The molecular weight excluding hydrogens is 519 g/mol. The van der Waals surface area contributed by atoms with E-state index in [1.165, 1.54) is 29.4 Å². The van der Waals surface area contributed by atoms with Gasteiger partial charge in [-0.1, -0.05) is 6.07 Å². The van der Waals surface area contributed by atoms with Crippen molar-refractivity contribution in [2.24, 2.45) is 0 Å². The van der Waals surface area contributed by atoms with Crippen molar-refractivity contribution in [2.75, 3.05) is 38.2 Å². The molecule has 5 rings (SSSR count). The zero-order chi connectivity index (χ0) is 27.5. The first-order chi connectivity index (χ1) is 18.8. The molecule has 0 bridgehead atoms. The molecule has 2 aromatic heterocycles. The SMILES string of the molecule is O=C1NCCc2[nH]c(-c3ccncc3OC[C@@H]3CN(C(=O)O)CCO3)c(Nc3cccc(F)c3CC(F)F)c21. The average molecular weight is 546 g/mol. The van der Waals surface area contributed by atoms with Gasteiger partial charge < -0.3 is 35.1 Å². The number of anilines is 2. The summed E-state index contributed by atoms with van der Waals surface area (Å²) in [6.45, 7) is 1.08. The molecule has 2 amide bonds. The number of fused-ring (bicyclic) bond motifs is 1. The summed E-state index contributed by atoms with van der Waals surface area (Å²) < 4.78 is 52.7. The second-order valence-electron chi connectivity index (χ2n) is 9.12. The molecule has 4 heterocycles. The number of carboxylic acid groups (broad SMARTS) is 1. The van der Waals surface area contributed by atoms with E-state index in [-0.39, 0.29) is 49.1 Å². The molecule has 13 heteroatoms. The van der Waals surface area contributed by atoms with Crippen molar-refractivity contribution in [2.45, 2.75) is 25.4 Å². The molecule has 39 heavy (non-hydrogen) atoms. The van der Waals surface area contributed by atoms with Gasteiger partial charge in [0.25, 0.3) is 5.91 Å². The van der Waals surface area contributed by atoms with Gasteiger partial charge in [0.2, 0.25) is 6.43 Å². The number of amides is 2. The lowest BCUT2D eigenvalue weighted by molar-refractivity contribution is -0.0411. The highest BCUT2D eigenvalue weighted by atomic mass is 19.3. The van der Waals surface area contributed by atoms with Gasteiger partial charge >= 0.3 is 6.09 Å².